The summed E-state index contributed by atoms with van der Waals surface area (Å²) < 4.78 is 5.61. The highest BCUT2D eigenvalue weighted by molar-refractivity contribution is 5.76. The number of rotatable bonds is 9. The molecule has 6 nitrogen and oxygen atoms in total. The minimum Gasteiger partial charge on any atom is -0.390 e. The highest BCUT2D eigenvalue weighted by atomic mass is 16.5. The number of nitrogens with one attached hydrogen (secondary N) is 1. The molecule has 0 aliphatic carbocycles. The lowest BCUT2D eigenvalue weighted by molar-refractivity contribution is -0.134. The monoisotopic (exact) mass is 350 g/mol. The van der Waals surface area contributed by atoms with E-state index in [9.17, 15) is 15.0 Å². The van der Waals surface area contributed by atoms with Crippen molar-refractivity contribution in [3.05, 3.63) is 35.9 Å². The van der Waals surface area contributed by atoms with E-state index < -0.39 is 11.7 Å². The molecule has 1 aliphatic heterocycles. The molecule has 25 heavy (non-hydrogen) atoms. The number of ether oxygens (including phenoxy) is 1. The Bertz CT molecular complexity index is 517. The van der Waals surface area contributed by atoms with Crippen LogP contribution >= 0.6 is 0 Å². The van der Waals surface area contributed by atoms with Gasteiger partial charge in [0.15, 0.2) is 0 Å². The topological polar surface area (TPSA) is 82.0 Å². The number of amides is 1. The maximum absolute atomic E-state index is 12.2. The number of carbonyl (C=O) groups is 1. The average Bonchev–Trinajstić information content (AvgIpc) is 2.63. The number of aliphatic hydroxyl groups excluding tert-OH is 1. The second kappa shape index (κ2) is 9.87. The zero-order valence-corrected chi connectivity index (χ0v) is 15.0. The second-order valence-electron chi connectivity index (χ2n) is 6.74. The normalized spacial score (nSPS) is 18.6. The van der Waals surface area contributed by atoms with E-state index in [1.54, 1.807) is 6.92 Å². The molecule has 1 aromatic carbocycles. The Morgan fingerprint density at radius 3 is 2.64 bits per heavy atom. The SMILES string of the molecule is C[C@@H](O)C(O)(CCCC(=O)N1CCNCC1)COCc1ccccc1. The third kappa shape index (κ3) is 6.40. The molecule has 3 N–H and O–H groups in total. The summed E-state index contributed by atoms with van der Waals surface area (Å²) in [5.41, 5.74) is -0.317. The smallest absolute Gasteiger partial charge is 0.222 e. The van der Waals surface area contributed by atoms with Gasteiger partial charge in [0.1, 0.15) is 5.60 Å². The predicted molar refractivity (Wildman–Crippen MR) is 96.0 cm³/mol. The van der Waals surface area contributed by atoms with Crippen LogP contribution in [0.2, 0.25) is 0 Å². The number of piperazine rings is 1. The van der Waals surface area contributed by atoms with Crippen LogP contribution in [0.25, 0.3) is 0 Å². The molecule has 1 aliphatic rings. The number of aliphatic hydroxyl groups is 2. The number of carbonyl (C=O) groups excluding carboxylic acids is 1. The van der Waals surface area contributed by atoms with E-state index in [1.165, 1.54) is 0 Å². The number of hydrogen-bond donors (Lipinski definition) is 3. The van der Waals surface area contributed by atoms with E-state index in [0.29, 0.717) is 25.9 Å². The van der Waals surface area contributed by atoms with Crippen molar-refractivity contribution in [1.29, 1.82) is 0 Å². The molecule has 1 fully saturated rings. The molecule has 1 heterocycles. The summed E-state index contributed by atoms with van der Waals surface area (Å²) in [7, 11) is 0. The Morgan fingerprint density at radius 1 is 1.32 bits per heavy atom. The highest BCUT2D eigenvalue weighted by Crippen LogP contribution is 2.21. The van der Waals surface area contributed by atoms with Crippen molar-refractivity contribution in [3.8, 4) is 0 Å². The molecule has 140 valence electrons. The molecular formula is C19H30N2O4. The molecule has 2 rings (SSSR count). The Hall–Kier alpha value is -1.47. The van der Waals surface area contributed by atoms with Crippen LogP contribution in [-0.4, -0.2) is 65.5 Å². The Labute approximate surface area is 149 Å². The van der Waals surface area contributed by atoms with Gasteiger partial charge in [0.2, 0.25) is 5.91 Å². The van der Waals surface area contributed by atoms with E-state index in [-0.39, 0.29) is 12.5 Å². The van der Waals surface area contributed by atoms with E-state index in [0.717, 1.165) is 31.7 Å². The van der Waals surface area contributed by atoms with Crippen LogP contribution in [0, 0.1) is 0 Å². The minimum absolute atomic E-state index is 0.0430. The van der Waals surface area contributed by atoms with Gasteiger partial charge in [0.25, 0.3) is 0 Å². The standard InChI is InChI=1S/C19H30N2O4/c1-16(22)19(24,15-25-14-17-6-3-2-4-7-17)9-5-8-18(23)21-12-10-20-11-13-21/h2-4,6-7,16,20,22,24H,5,8-15H2,1H3/t16-,19?/m1/s1. The van der Waals surface area contributed by atoms with Crippen LogP contribution in [0.1, 0.15) is 31.7 Å². The zero-order valence-electron chi connectivity index (χ0n) is 15.0. The van der Waals surface area contributed by atoms with Gasteiger partial charge in [-0.1, -0.05) is 30.3 Å². The lowest BCUT2D eigenvalue weighted by atomic mass is 9.92. The second-order valence-corrected chi connectivity index (χ2v) is 6.74. The van der Waals surface area contributed by atoms with Gasteiger partial charge in [0, 0.05) is 32.6 Å². The third-order valence-corrected chi connectivity index (χ3v) is 4.71. The van der Waals surface area contributed by atoms with Gasteiger partial charge in [-0.3, -0.25) is 4.79 Å². The molecule has 1 amide bonds. The van der Waals surface area contributed by atoms with Gasteiger partial charge in [-0.15, -0.1) is 0 Å². The largest absolute Gasteiger partial charge is 0.390 e. The van der Waals surface area contributed by atoms with Crippen LogP contribution in [0.5, 0.6) is 0 Å². The van der Waals surface area contributed by atoms with Crippen molar-refractivity contribution in [1.82, 2.24) is 10.2 Å². The molecule has 1 aromatic rings. The Balaban J connectivity index is 1.75. The summed E-state index contributed by atoms with van der Waals surface area (Å²) in [6, 6.07) is 9.70. The van der Waals surface area contributed by atoms with Gasteiger partial charge < -0.3 is 25.2 Å². The quantitative estimate of drug-likeness (QED) is 0.617. The van der Waals surface area contributed by atoms with Crippen LogP contribution in [0.3, 0.4) is 0 Å². The number of hydrogen-bond acceptors (Lipinski definition) is 5. The zero-order chi connectivity index (χ0) is 18.1. The summed E-state index contributed by atoms with van der Waals surface area (Å²) >= 11 is 0. The maximum atomic E-state index is 12.2. The first-order valence-corrected chi connectivity index (χ1v) is 9.02. The highest BCUT2D eigenvalue weighted by Gasteiger charge is 2.33. The molecule has 0 bridgehead atoms. The van der Waals surface area contributed by atoms with Gasteiger partial charge in [-0.05, 0) is 25.3 Å². The van der Waals surface area contributed by atoms with Crippen molar-refractivity contribution in [2.45, 2.75) is 44.5 Å². The van der Waals surface area contributed by atoms with Gasteiger partial charge in [-0.2, -0.15) is 0 Å². The molecule has 0 spiro atoms. The van der Waals surface area contributed by atoms with Gasteiger partial charge in [0.05, 0.1) is 19.3 Å². The number of benzene rings is 1. The molecule has 0 aromatic heterocycles. The summed E-state index contributed by atoms with van der Waals surface area (Å²) in [4.78, 5) is 14.0. The van der Waals surface area contributed by atoms with Crippen molar-refractivity contribution in [3.63, 3.8) is 0 Å². The van der Waals surface area contributed by atoms with Gasteiger partial charge in [-0.25, -0.2) is 0 Å². The lowest BCUT2D eigenvalue weighted by Gasteiger charge is -2.32. The number of nitrogens with zero attached hydrogens (tertiary/aromatic N) is 1. The maximum Gasteiger partial charge on any atom is 0.222 e. The molecule has 2 atom stereocenters. The molecule has 1 saturated heterocycles. The van der Waals surface area contributed by atoms with Crippen molar-refractivity contribution >= 4 is 5.91 Å². The van der Waals surface area contributed by atoms with E-state index in [4.69, 9.17) is 4.74 Å². The lowest BCUT2D eigenvalue weighted by Crippen LogP contribution is -2.47. The van der Waals surface area contributed by atoms with E-state index >= 15 is 0 Å². The summed E-state index contributed by atoms with van der Waals surface area (Å²) in [6.07, 6.45) is 0.321. The predicted octanol–water partition coefficient (Wildman–Crippen LogP) is 0.917. The van der Waals surface area contributed by atoms with E-state index in [2.05, 4.69) is 5.32 Å². The van der Waals surface area contributed by atoms with Gasteiger partial charge >= 0.3 is 0 Å². The molecule has 1 unspecified atom stereocenters. The Kier molecular flexibility index (Phi) is 7.84. The van der Waals surface area contributed by atoms with E-state index in [1.807, 2.05) is 35.2 Å². The first-order chi connectivity index (χ1) is 12.0. The van der Waals surface area contributed by atoms with Crippen LogP contribution < -0.4 is 5.32 Å². The summed E-state index contributed by atoms with van der Waals surface area (Å²) in [5.74, 6) is 0.111. The minimum atomic E-state index is -1.33. The molecular weight excluding hydrogens is 320 g/mol. The Morgan fingerprint density at radius 2 is 2.00 bits per heavy atom. The fourth-order valence-corrected chi connectivity index (χ4v) is 2.94. The molecule has 0 radical (unpaired) electrons. The molecule has 0 saturated carbocycles. The van der Waals surface area contributed by atoms with Crippen molar-refractivity contribution in [2.75, 3.05) is 32.8 Å². The fourth-order valence-electron chi connectivity index (χ4n) is 2.94. The first-order valence-electron chi connectivity index (χ1n) is 9.02. The van der Waals surface area contributed by atoms with Crippen molar-refractivity contribution < 1.29 is 19.7 Å². The fraction of sp³-hybridized carbons (Fsp3) is 0.632. The summed E-state index contributed by atoms with van der Waals surface area (Å²) in [6.45, 7) is 5.12. The average molecular weight is 350 g/mol. The third-order valence-electron chi connectivity index (χ3n) is 4.71. The first kappa shape index (κ1) is 19.8. The van der Waals surface area contributed by atoms with Crippen LogP contribution in [0.15, 0.2) is 30.3 Å². The van der Waals surface area contributed by atoms with Crippen LogP contribution in [-0.2, 0) is 16.1 Å². The van der Waals surface area contributed by atoms with Crippen molar-refractivity contribution in [2.24, 2.45) is 0 Å². The summed E-state index contributed by atoms with van der Waals surface area (Å²) in [5, 5.41) is 23.8. The molecule has 6 heteroatoms. The van der Waals surface area contributed by atoms with Crippen LogP contribution in [0.4, 0.5) is 0 Å².